The van der Waals surface area contributed by atoms with Gasteiger partial charge in [-0.15, -0.1) is 0 Å². The van der Waals surface area contributed by atoms with Crippen molar-refractivity contribution in [2.24, 2.45) is 10.3 Å². The zero-order chi connectivity index (χ0) is 22.7. The second-order valence-electron chi connectivity index (χ2n) is 9.05. The van der Waals surface area contributed by atoms with Gasteiger partial charge in [0.25, 0.3) is 10.0 Å². The van der Waals surface area contributed by atoms with E-state index < -0.39 is 15.6 Å². The van der Waals surface area contributed by atoms with Crippen LogP contribution in [0.4, 0.5) is 0 Å². The van der Waals surface area contributed by atoms with E-state index in [1.54, 1.807) is 30.3 Å². The van der Waals surface area contributed by atoms with Gasteiger partial charge in [0.2, 0.25) is 0 Å². The lowest BCUT2D eigenvalue weighted by Gasteiger charge is -2.26. The highest BCUT2D eigenvalue weighted by atomic mass is 35.5. The summed E-state index contributed by atoms with van der Waals surface area (Å²) < 4.78 is 37.6. The maximum atomic E-state index is 13.3. The standard InChI is InChI=1S/C26H24ClNO3S/c1-16-9-12-19(13-10-16)32(29,30)28-24-20-14-11-18(27)15-21(20)23-22(24)25(31-26(23,2)3)17-7-5-4-6-8-17/h4-15,22-23,25H,1-3H3/b28-24+/t22-,23-,25+/m0/s1. The van der Waals surface area contributed by atoms with Crippen LogP contribution in [0.1, 0.15) is 48.1 Å². The van der Waals surface area contributed by atoms with Crippen LogP contribution >= 0.6 is 11.6 Å². The van der Waals surface area contributed by atoms with Crippen molar-refractivity contribution in [1.82, 2.24) is 0 Å². The van der Waals surface area contributed by atoms with Crippen molar-refractivity contribution in [2.45, 2.75) is 43.3 Å². The molecule has 3 atom stereocenters. The molecule has 1 heterocycles. The second kappa shape index (κ2) is 7.55. The van der Waals surface area contributed by atoms with Gasteiger partial charge in [-0.1, -0.05) is 65.7 Å². The Bertz CT molecular complexity index is 1310. The van der Waals surface area contributed by atoms with Crippen molar-refractivity contribution in [2.75, 3.05) is 0 Å². The minimum atomic E-state index is -3.90. The molecule has 3 aromatic carbocycles. The SMILES string of the molecule is Cc1ccc(S(=O)(=O)/N=C2\c3ccc(Cl)cc3[C@H]3[C@@H]2[C@@H](c2ccccc2)OC3(C)C)cc1. The highest BCUT2D eigenvalue weighted by Gasteiger charge is 2.57. The van der Waals surface area contributed by atoms with Crippen LogP contribution in [0.3, 0.4) is 0 Å². The molecule has 0 bridgehead atoms. The summed E-state index contributed by atoms with van der Waals surface area (Å²) in [6.45, 7) is 6.03. The Morgan fingerprint density at radius 1 is 0.969 bits per heavy atom. The van der Waals surface area contributed by atoms with Crippen LogP contribution in [0.25, 0.3) is 0 Å². The second-order valence-corrected chi connectivity index (χ2v) is 11.1. The van der Waals surface area contributed by atoms with Gasteiger partial charge in [-0.2, -0.15) is 12.8 Å². The van der Waals surface area contributed by atoms with Crippen LogP contribution in [-0.4, -0.2) is 19.7 Å². The molecule has 0 saturated carbocycles. The molecule has 0 spiro atoms. The van der Waals surface area contributed by atoms with Gasteiger partial charge in [-0.05, 0) is 56.2 Å². The van der Waals surface area contributed by atoms with Gasteiger partial charge >= 0.3 is 0 Å². The predicted molar refractivity (Wildman–Crippen MR) is 127 cm³/mol. The Morgan fingerprint density at radius 3 is 2.34 bits per heavy atom. The van der Waals surface area contributed by atoms with Gasteiger partial charge in [-0.25, -0.2) is 0 Å². The van der Waals surface area contributed by atoms with Crippen LogP contribution in [0.2, 0.25) is 5.02 Å². The highest BCUT2D eigenvalue weighted by Crippen LogP contribution is 2.59. The third-order valence-electron chi connectivity index (χ3n) is 6.47. The lowest BCUT2D eigenvalue weighted by Crippen LogP contribution is -2.26. The lowest BCUT2D eigenvalue weighted by atomic mass is 9.79. The van der Waals surface area contributed by atoms with Crippen molar-refractivity contribution in [3.8, 4) is 0 Å². The molecule has 1 saturated heterocycles. The van der Waals surface area contributed by atoms with Crippen LogP contribution < -0.4 is 0 Å². The van der Waals surface area contributed by atoms with Crippen LogP contribution in [0.5, 0.6) is 0 Å². The van der Waals surface area contributed by atoms with Gasteiger partial charge < -0.3 is 4.74 Å². The number of aryl methyl sites for hydroxylation is 1. The summed E-state index contributed by atoms with van der Waals surface area (Å²) in [4.78, 5) is 0.184. The van der Waals surface area contributed by atoms with E-state index in [4.69, 9.17) is 16.3 Å². The summed E-state index contributed by atoms with van der Waals surface area (Å²) in [5.74, 6) is -0.297. The van der Waals surface area contributed by atoms with E-state index in [1.165, 1.54) is 0 Å². The van der Waals surface area contributed by atoms with Gasteiger partial charge in [-0.3, -0.25) is 0 Å². The highest BCUT2D eigenvalue weighted by molar-refractivity contribution is 7.90. The van der Waals surface area contributed by atoms with E-state index in [9.17, 15) is 8.42 Å². The smallest absolute Gasteiger partial charge is 0.282 e. The fourth-order valence-corrected chi connectivity index (χ4v) is 6.32. The number of rotatable bonds is 3. The molecule has 0 radical (unpaired) electrons. The number of hydrogen-bond acceptors (Lipinski definition) is 3. The first-order valence-corrected chi connectivity index (χ1v) is 12.4. The fraction of sp³-hybridized carbons (Fsp3) is 0.269. The van der Waals surface area contributed by atoms with Crippen molar-refractivity contribution in [3.63, 3.8) is 0 Å². The average molecular weight is 466 g/mol. The molecule has 0 unspecified atom stereocenters. The molecule has 3 aromatic rings. The first-order valence-electron chi connectivity index (χ1n) is 10.6. The maximum Gasteiger partial charge on any atom is 0.282 e. The first kappa shape index (κ1) is 21.4. The van der Waals surface area contributed by atoms with Gasteiger partial charge in [0.15, 0.2) is 0 Å². The zero-order valence-corrected chi connectivity index (χ0v) is 19.7. The van der Waals surface area contributed by atoms with Crippen molar-refractivity contribution in [3.05, 3.63) is 100 Å². The summed E-state index contributed by atoms with van der Waals surface area (Å²) in [7, 11) is -3.90. The molecule has 164 valence electrons. The number of benzene rings is 3. The predicted octanol–water partition coefficient (Wildman–Crippen LogP) is 6.09. The molecule has 1 aliphatic carbocycles. The summed E-state index contributed by atoms with van der Waals surface area (Å²) in [5, 5.41) is 0.615. The molecule has 5 rings (SSSR count). The van der Waals surface area contributed by atoms with Crippen molar-refractivity contribution in [1.29, 1.82) is 0 Å². The largest absolute Gasteiger partial charge is 0.366 e. The number of fused-ring (bicyclic) bond motifs is 3. The summed E-state index contributed by atoms with van der Waals surface area (Å²) in [5.41, 5.74) is 3.85. The third kappa shape index (κ3) is 3.49. The van der Waals surface area contributed by atoms with Crippen LogP contribution in [-0.2, 0) is 14.8 Å². The van der Waals surface area contributed by atoms with Gasteiger partial charge in [0.1, 0.15) is 0 Å². The molecular formula is C26H24ClNO3S. The Labute approximate surface area is 194 Å². The summed E-state index contributed by atoms with van der Waals surface area (Å²) >= 11 is 6.35. The van der Waals surface area contributed by atoms with E-state index >= 15 is 0 Å². The average Bonchev–Trinajstić information content (AvgIpc) is 3.21. The number of nitrogens with zero attached hydrogens (tertiary/aromatic N) is 1. The van der Waals surface area contributed by atoms with Crippen molar-refractivity contribution >= 4 is 27.3 Å². The Balaban J connectivity index is 1.72. The van der Waals surface area contributed by atoms with E-state index in [-0.39, 0.29) is 22.8 Å². The maximum absolute atomic E-state index is 13.3. The molecule has 0 aromatic heterocycles. The zero-order valence-electron chi connectivity index (χ0n) is 18.1. The summed E-state index contributed by atoms with van der Waals surface area (Å²) in [6, 6.07) is 22.3. The molecule has 1 aliphatic heterocycles. The van der Waals surface area contributed by atoms with E-state index in [1.807, 2.05) is 49.4 Å². The molecule has 0 amide bonds. The fourth-order valence-electron chi connectivity index (χ4n) is 5.07. The van der Waals surface area contributed by atoms with Crippen LogP contribution in [0, 0.1) is 12.8 Å². The Hall–Kier alpha value is -2.47. The third-order valence-corrected chi connectivity index (χ3v) is 8.01. The van der Waals surface area contributed by atoms with E-state index in [0.29, 0.717) is 10.7 Å². The minimum absolute atomic E-state index is 0.0617. The summed E-state index contributed by atoms with van der Waals surface area (Å²) in [6.07, 6.45) is -0.311. The minimum Gasteiger partial charge on any atom is -0.366 e. The molecule has 0 N–H and O–H groups in total. The van der Waals surface area contributed by atoms with Crippen molar-refractivity contribution < 1.29 is 13.2 Å². The van der Waals surface area contributed by atoms with Gasteiger partial charge in [0.05, 0.1) is 22.3 Å². The molecule has 32 heavy (non-hydrogen) atoms. The molecule has 4 nitrogen and oxygen atoms in total. The number of halogens is 1. The van der Waals surface area contributed by atoms with Crippen LogP contribution in [0.15, 0.2) is 82.1 Å². The van der Waals surface area contributed by atoms with E-state index in [0.717, 1.165) is 22.3 Å². The lowest BCUT2D eigenvalue weighted by molar-refractivity contribution is -0.0248. The normalized spacial score (nSPS) is 25.0. The molecule has 6 heteroatoms. The topological polar surface area (TPSA) is 55.7 Å². The Kier molecular flexibility index (Phi) is 5.04. The quantitative estimate of drug-likeness (QED) is 0.470. The monoisotopic (exact) mass is 465 g/mol. The molecule has 2 aliphatic rings. The molecule has 1 fully saturated rings. The Morgan fingerprint density at radius 2 is 1.66 bits per heavy atom. The molecular weight excluding hydrogens is 442 g/mol. The number of sulfonamides is 1. The number of ether oxygens (including phenoxy) is 1. The van der Waals surface area contributed by atoms with Gasteiger partial charge in [0, 0.05) is 22.4 Å². The first-order chi connectivity index (χ1) is 15.2. The number of hydrogen-bond donors (Lipinski definition) is 0. The van der Waals surface area contributed by atoms with E-state index in [2.05, 4.69) is 18.2 Å².